The van der Waals surface area contributed by atoms with Gasteiger partial charge in [0.25, 0.3) is 0 Å². The van der Waals surface area contributed by atoms with Gasteiger partial charge in [0.05, 0.1) is 10.6 Å². The van der Waals surface area contributed by atoms with Gasteiger partial charge in [0.15, 0.2) is 0 Å². The molecule has 128 valence electrons. The van der Waals surface area contributed by atoms with E-state index in [9.17, 15) is 4.39 Å². The maximum absolute atomic E-state index is 13.4. The normalized spacial score (nSPS) is 15.5. The average molecular weight is 354 g/mol. The monoisotopic (exact) mass is 354 g/mol. The van der Waals surface area contributed by atoms with Gasteiger partial charge in [-0.2, -0.15) is 0 Å². The second-order valence-corrected chi connectivity index (χ2v) is 6.91. The van der Waals surface area contributed by atoms with Crippen molar-refractivity contribution < 1.29 is 4.39 Å². The van der Waals surface area contributed by atoms with Crippen LogP contribution in [0.3, 0.4) is 0 Å². The third-order valence-electron chi connectivity index (χ3n) is 4.51. The van der Waals surface area contributed by atoms with Gasteiger partial charge in [-0.15, -0.1) is 5.10 Å². The molecule has 1 saturated heterocycles. The third-order valence-corrected chi connectivity index (χ3v) is 5.33. The Hall–Kier alpha value is -2.31. The van der Waals surface area contributed by atoms with Gasteiger partial charge < -0.3 is 4.90 Å². The van der Waals surface area contributed by atoms with Gasteiger partial charge in [-0.05, 0) is 35.3 Å². The van der Waals surface area contributed by atoms with Crippen molar-refractivity contribution in [2.24, 2.45) is 0 Å². The van der Waals surface area contributed by atoms with Gasteiger partial charge in [-0.3, -0.25) is 4.90 Å². The second-order valence-electron chi connectivity index (χ2n) is 6.16. The molecule has 4 rings (SSSR count). The summed E-state index contributed by atoms with van der Waals surface area (Å²) in [5.41, 5.74) is 3.17. The smallest absolute Gasteiger partial charge is 0.125 e. The summed E-state index contributed by atoms with van der Waals surface area (Å²) in [5.74, 6) is -0.180. The van der Waals surface area contributed by atoms with Crippen molar-refractivity contribution in [2.75, 3.05) is 31.1 Å². The van der Waals surface area contributed by atoms with Crippen molar-refractivity contribution in [3.05, 3.63) is 66.1 Å². The van der Waals surface area contributed by atoms with E-state index < -0.39 is 0 Å². The zero-order chi connectivity index (χ0) is 17.1. The first-order chi connectivity index (χ1) is 12.3. The summed E-state index contributed by atoms with van der Waals surface area (Å²) >= 11 is 1.45. The minimum absolute atomic E-state index is 0.180. The first kappa shape index (κ1) is 16.2. The first-order valence-electron chi connectivity index (χ1n) is 8.39. The maximum atomic E-state index is 13.4. The minimum Gasteiger partial charge on any atom is -0.369 e. The highest BCUT2D eigenvalue weighted by molar-refractivity contribution is 7.09. The Balaban J connectivity index is 1.41. The SMILES string of the molecule is Fc1cccc(N2CCN(Cc3nnsc3-c3ccccc3)CC2)c1. The zero-order valence-electron chi connectivity index (χ0n) is 13.8. The Bertz CT molecular complexity index is 828. The summed E-state index contributed by atoms with van der Waals surface area (Å²) in [5, 5.41) is 4.34. The van der Waals surface area contributed by atoms with Crippen LogP contribution in [0.4, 0.5) is 10.1 Å². The lowest BCUT2D eigenvalue weighted by molar-refractivity contribution is 0.247. The Morgan fingerprint density at radius 3 is 2.52 bits per heavy atom. The number of hydrogen-bond acceptors (Lipinski definition) is 5. The van der Waals surface area contributed by atoms with Crippen LogP contribution in [0.1, 0.15) is 5.69 Å². The highest BCUT2D eigenvalue weighted by Crippen LogP contribution is 2.27. The molecule has 0 unspecified atom stereocenters. The third kappa shape index (κ3) is 3.70. The fraction of sp³-hybridized carbons (Fsp3) is 0.263. The van der Waals surface area contributed by atoms with E-state index in [1.54, 1.807) is 12.1 Å². The van der Waals surface area contributed by atoms with E-state index in [0.717, 1.165) is 49.0 Å². The fourth-order valence-corrected chi connectivity index (χ4v) is 3.84. The Labute approximate surface area is 150 Å². The van der Waals surface area contributed by atoms with Gasteiger partial charge in [-0.25, -0.2) is 4.39 Å². The van der Waals surface area contributed by atoms with Gasteiger partial charge in [0, 0.05) is 38.4 Å². The van der Waals surface area contributed by atoms with E-state index in [1.165, 1.54) is 23.2 Å². The summed E-state index contributed by atoms with van der Waals surface area (Å²) < 4.78 is 17.6. The van der Waals surface area contributed by atoms with Crippen LogP contribution in [-0.2, 0) is 6.54 Å². The molecule has 0 amide bonds. The number of piperazine rings is 1. The van der Waals surface area contributed by atoms with E-state index in [4.69, 9.17) is 0 Å². The quantitative estimate of drug-likeness (QED) is 0.716. The highest BCUT2D eigenvalue weighted by atomic mass is 32.1. The predicted octanol–water partition coefficient (Wildman–Crippen LogP) is 3.67. The molecule has 1 aromatic heterocycles. The molecule has 0 bridgehead atoms. The van der Waals surface area contributed by atoms with Crippen molar-refractivity contribution in [3.8, 4) is 10.4 Å². The standard InChI is InChI=1S/C19H19FN4S/c20-16-7-4-8-17(13-16)24-11-9-23(10-12-24)14-18-19(25-22-21-18)15-5-2-1-3-6-15/h1-8,13H,9-12,14H2. The largest absolute Gasteiger partial charge is 0.369 e. The lowest BCUT2D eigenvalue weighted by Crippen LogP contribution is -2.46. The molecule has 1 aliphatic heterocycles. The minimum atomic E-state index is -0.180. The molecule has 4 nitrogen and oxygen atoms in total. The van der Waals surface area contributed by atoms with Crippen molar-refractivity contribution >= 4 is 17.2 Å². The fourth-order valence-electron chi connectivity index (χ4n) is 3.17. The van der Waals surface area contributed by atoms with Crippen LogP contribution in [0, 0.1) is 5.82 Å². The molecule has 2 aromatic carbocycles. The molecule has 1 aliphatic rings. The number of nitrogens with zero attached hydrogens (tertiary/aromatic N) is 4. The van der Waals surface area contributed by atoms with Crippen LogP contribution < -0.4 is 4.90 Å². The molecule has 0 radical (unpaired) electrons. The molecule has 0 spiro atoms. The lowest BCUT2D eigenvalue weighted by atomic mass is 10.1. The number of benzene rings is 2. The van der Waals surface area contributed by atoms with Crippen LogP contribution >= 0.6 is 11.5 Å². The average Bonchev–Trinajstić information content (AvgIpc) is 3.11. The lowest BCUT2D eigenvalue weighted by Gasteiger charge is -2.35. The highest BCUT2D eigenvalue weighted by Gasteiger charge is 2.20. The van der Waals surface area contributed by atoms with Crippen LogP contribution in [0.2, 0.25) is 0 Å². The molecule has 25 heavy (non-hydrogen) atoms. The van der Waals surface area contributed by atoms with Crippen LogP contribution in [-0.4, -0.2) is 40.7 Å². The van der Waals surface area contributed by atoms with Crippen LogP contribution in [0.15, 0.2) is 54.6 Å². The first-order valence-corrected chi connectivity index (χ1v) is 9.16. The summed E-state index contributed by atoms with van der Waals surface area (Å²) in [6.07, 6.45) is 0. The van der Waals surface area contributed by atoms with Gasteiger partial charge in [0.1, 0.15) is 5.82 Å². The van der Waals surface area contributed by atoms with Crippen LogP contribution in [0.25, 0.3) is 10.4 Å². The van der Waals surface area contributed by atoms with Gasteiger partial charge in [-0.1, -0.05) is 40.9 Å². The molecule has 0 saturated carbocycles. The molecule has 1 fully saturated rings. The number of anilines is 1. The number of aromatic nitrogens is 2. The van der Waals surface area contributed by atoms with E-state index in [-0.39, 0.29) is 5.82 Å². The molecular weight excluding hydrogens is 335 g/mol. The molecule has 0 atom stereocenters. The maximum Gasteiger partial charge on any atom is 0.125 e. The van der Waals surface area contributed by atoms with Crippen LogP contribution in [0.5, 0.6) is 0 Å². The van der Waals surface area contributed by atoms with Crippen molar-refractivity contribution in [1.82, 2.24) is 14.5 Å². The zero-order valence-corrected chi connectivity index (χ0v) is 14.6. The van der Waals surface area contributed by atoms with E-state index in [2.05, 4.69) is 31.5 Å². The number of halogens is 1. The Morgan fingerprint density at radius 1 is 0.960 bits per heavy atom. The number of rotatable bonds is 4. The number of hydrogen-bond donors (Lipinski definition) is 0. The van der Waals surface area contributed by atoms with E-state index >= 15 is 0 Å². The van der Waals surface area contributed by atoms with E-state index in [0.29, 0.717) is 0 Å². The van der Waals surface area contributed by atoms with Crippen molar-refractivity contribution in [2.45, 2.75) is 6.54 Å². The van der Waals surface area contributed by atoms with Gasteiger partial charge in [0.2, 0.25) is 0 Å². The summed E-state index contributed by atoms with van der Waals surface area (Å²) in [6, 6.07) is 17.1. The Morgan fingerprint density at radius 2 is 1.76 bits per heavy atom. The molecule has 0 N–H and O–H groups in total. The summed E-state index contributed by atoms with van der Waals surface area (Å²) in [6.45, 7) is 4.45. The summed E-state index contributed by atoms with van der Waals surface area (Å²) in [7, 11) is 0. The summed E-state index contributed by atoms with van der Waals surface area (Å²) in [4.78, 5) is 5.77. The Kier molecular flexibility index (Phi) is 4.72. The molecule has 2 heterocycles. The van der Waals surface area contributed by atoms with E-state index in [1.807, 2.05) is 24.3 Å². The van der Waals surface area contributed by atoms with Gasteiger partial charge >= 0.3 is 0 Å². The molecule has 0 aliphatic carbocycles. The molecule has 6 heteroatoms. The van der Waals surface area contributed by atoms with Crippen molar-refractivity contribution in [3.63, 3.8) is 0 Å². The molecular formula is C19H19FN4S. The second kappa shape index (κ2) is 7.29. The van der Waals surface area contributed by atoms with Crippen molar-refractivity contribution in [1.29, 1.82) is 0 Å². The predicted molar refractivity (Wildman–Crippen MR) is 99.2 cm³/mol. The topological polar surface area (TPSA) is 32.3 Å². The molecule has 3 aromatic rings.